The number of likely N-dealkylation sites (tertiary alicyclic amines) is 1. The van der Waals surface area contributed by atoms with E-state index in [9.17, 15) is 24.6 Å². The van der Waals surface area contributed by atoms with Crippen LogP contribution in [0, 0.1) is 0 Å². The van der Waals surface area contributed by atoms with E-state index in [4.69, 9.17) is 0 Å². The molecule has 2 amide bonds. The molecular formula is C11H17NO5. The van der Waals surface area contributed by atoms with E-state index in [0.717, 1.165) is 0 Å². The van der Waals surface area contributed by atoms with Gasteiger partial charge in [0.05, 0.1) is 6.42 Å². The minimum absolute atomic E-state index is 0.00637. The Balaban J connectivity index is 3.61. The number of carboxylic acids is 1. The standard InChI is InChI=1S/C11H17NO5/c1-10(2,3)12(9(16)17)7(13)5-6-11(12,4)8(14)15/h5-6H2,1-4H3,(H-,14,15,16,17)/t11-,12?/m0/s1. The van der Waals surface area contributed by atoms with Gasteiger partial charge < -0.3 is 15.0 Å². The van der Waals surface area contributed by atoms with Crippen LogP contribution in [0.3, 0.4) is 0 Å². The fourth-order valence-electron chi connectivity index (χ4n) is 2.90. The summed E-state index contributed by atoms with van der Waals surface area (Å²) in [6, 6.07) is 0. The highest BCUT2D eigenvalue weighted by Gasteiger charge is 2.69. The minimum atomic E-state index is -1.67. The predicted molar refractivity (Wildman–Crippen MR) is 55.7 cm³/mol. The predicted octanol–water partition coefficient (Wildman–Crippen LogP) is 0.109. The number of carbonyl (C=O) groups is 3. The average Bonchev–Trinajstić information content (AvgIpc) is 2.39. The van der Waals surface area contributed by atoms with Crippen molar-refractivity contribution in [3.63, 3.8) is 0 Å². The third kappa shape index (κ3) is 1.40. The van der Waals surface area contributed by atoms with E-state index in [-0.39, 0.29) is 12.8 Å². The zero-order valence-electron chi connectivity index (χ0n) is 10.4. The number of hydrogen-bond acceptors (Lipinski definition) is 4. The topological polar surface area (TPSA) is 94.5 Å². The molecule has 0 aromatic heterocycles. The third-order valence-electron chi connectivity index (χ3n) is 3.68. The number of carboxylic acid groups (broad SMARTS) is 2. The molecule has 1 N–H and O–H groups in total. The molecule has 0 aromatic rings. The quantitative estimate of drug-likeness (QED) is 0.659. The van der Waals surface area contributed by atoms with Crippen molar-refractivity contribution in [1.29, 1.82) is 0 Å². The Morgan fingerprint density at radius 2 is 1.88 bits per heavy atom. The number of quaternary nitrogens is 1. The van der Waals surface area contributed by atoms with Crippen molar-refractivity contribution < 1.29 is 29.1 Å². The summed E-state index contributed by atoms with van der Waals surface area (Å²) in [6.07, 6.45) is -1.70. The number of hydrogen-bond donors (Lipinski definition) is 1. The SMILES string of the molecule is CC(C)(C)[N+]1(C(=O)[O-])C(=O)CC[C@@]1(C)C(=O)O. The first-order valence-electron chi connectivity index (χ1n) is 5.39. The Labute approximate surface area is 99.4 Å². The van der Waals surface area contributed by atoms with Gasteiger partial charge in [0, 0.05) is 13.3 Å². The summed E-state index contributed by atoms with van der Waals surface area (Å²) in [7, 11) is 0. The van der Waals surface area contributed by atoms with Gasteiger partial charge in [-0.1, -0.05) is 0 Å². The Kier molecular flexibility index (Phi) is 2.83. The van der Waals surface area contributed by atoms with Crippen LogP contribution in [-0.2, 0) is 9.59 Å². The number of rotatable bonds is 1. The van der Waals surface area contributed by atoms with Crippen LogP contribution in [0.2, 0.25) is 0 Å². The molecule has 6 nitrogen and oxygen atoms in total. The monoisotopic (exact) mass is 243 g/mol. The van der Waals surface area contributed by atoms with Crippen LogP contribution in [-0.4, -0.2) is 38.6 Å². The number of nitrogens with zero attached hydrogens (tertiary/aromatic N) is 1. The maximum absolute atomic E-state index is 12.0. The van der Waals surface area contributed by atoms with E-state index in [1.54, 1.807) is 0 Å². The molecule has 0 aromatic carbocycles. The van der Waals surface area contributed by atoms with Crippen LogP contribution in [0.4, 0.5) is 4.79 Å². The van der Waals surface area contributed by atoms with E-state index in [1.165, 1.54) is 27.7 Å². The van der Waals surface area contributed by atoms with Crippen LogP contribution in [0.5, 0.6) is 0 Å². The first-order valence-corrected chi connectivity index (χ1v) is 5.39. The van der Waals surface area contributed by atoms with Crippen molar-refractivity contribution in [2.45, 2.75) is 51.6 Å². The highest BCUT2D eigenvalue weighted by molar-refractivity contribution is 5.91. The molecule has 1 aliphatic rings. The van der Waals surface area contributed by atoms with Crippen molar-refractivity contribution in [2.75, 3.05) is 0 Å². The van der Waals surface area contributed by atoms with Crippen LogP contribution in [0.15, 0.2) is 0 Å². The molecule has 1 fully saturated rings. The summed E-state index contributed by atoms with van der Waals surface area (Å²) in [5, 5.41) is 20.8. The summed E-state index contributed by atoms with van der Waals surface area (Å²) in [6.45, 7) is 5.90. The van der Waals surface area contributed by atoms with Crippen LogP contribution in [0.25, 0.3) is 0 Å². The highest BCUT2D eigenvalue weighted by Crippen LogP contribution is 2.45. The Bertz CT molecular complexity index is 397. The molecule has 6 heteroatoms. The van der Waals surface area contributed by atoms with Gasteiger partial charge in [0.15, 0.2) is 0 Å². The summed E-state index contributed by atoms with van der Waals surface area (Å²) in [5.41, 5.74) is -2.74. The minimum Gasteiger partial charge on any atom is -0.498 e. The highest BCUT2D eigenvalue weighted by atomic mass is 16.4. The van der Waals surface area contributed by atoms with E-state index in [0.29, 0.717) is 0 Å². The molecule has 1 aliphatic heterocycles. The van der Waals surface area contributed by atoms with Gasteiger partial charge in [-0.15, -0.1) is 0 Å². The number of imide groups is 1. The molecule has 2 atom stereocenters. The molecule has 17 heavy (non-hydrogen) atoms. The lowest BCUT2D eigenvalue weighted by molar-refractivity contribution is -0.880. The van der Waals surface area contributed by atoms with Gasteiger partial charge in [-0.25, -0.2) is 9.59 Å². The molecule has 1 heterocycles. The molecule has 0 saturated carbocycles. The second kappa shape index (κ2) is 3.53. The van der Waals surface area contributed by atoms with Crippen LogP contribution < -0.4 is 5.11 Å². The number of amides is 2. The second-order valence-corrected chi connectivity index (χ2v) is 5.58. The molecule has 0 spiro atoms. The van der Waals surface area contributed by atoms with Crippen molar-refractivity contribution in [3.05, 3.63) is 0 Å². The lowest BCUT2D eigenvalue weighted by Gasteiger charge is -2.49. The summed E-state index contributed by atoms with van der Waals surface area (Å²) < 4.78 is -1.16. The molecule has 0 aliphatic carbocycles. The summed E-state index contributed by atoms with van der Waals surface area (Å²) in [4.78, 5) is 34.8. The lowest BCUT2D eigenvalue weighted by Crippen LogP contribution is -2.77. The lowest BCUT2D eigenvalue weighted by atomic mass is 9.90. The van der Waals surface area contributed by atoms with E-state index in [1.807, 2.05) is 0 Å². The van der Waals surface area contributed by atoms with E-state index in [2.05, 4.69) is 0 Å². The van der Waals surface area contributed by atoms with E-state index >= 15 is 0 Å². The van der Waals surface area contributed by atoms with Crippen molar-refractivity contribution in [3.8, 4) is 0 Å². The van der Waals surface area contributed by atoms with Gasteiger partial charge in [0.2, 0.25) is 5.54 Å². The Morgan fingerprint density at radius 3 is 2.12 bits per heavy atom. The molecule has 1 rings (SSSR count). The molecule has 1 saturated heterocycles. The zero-order valence-corrected chi connectivity index (χ0v) is 10.4. The molecule has 1 unspecified atom stereocenters. The largest absolute Gasteiger partial charge is 0.498 e. The van der Waals surface area contributed by atoms with Crippen LogP contribution in [0.1, 0.15) is 40.5 Å². The van der Waals surface area contributed by atoms with Gasteiger partial charge in [0.1, 0.15) is 5.54 Å². The zero-order chi connectivity index (χ0) is 13.6. The maximum atomic E-state index is 12.0. The molecule has 96 valence electrons. The van der Waals surface area contributed by atoms with Crippen molar-refractivity contribution in [2.24, 2.45) is 0 Å². The molecule has 0 bridgehead atoms. The van der Waals surface area contributed by atoms with Crippen molar-refractivity contribution in [1.82, 2.24) is 0 Å². The number of aliphatic carboxylic acids is 1. The van der Waals surface area contributed by atoms with Gasteiger partial charge in [-0.05, 0) is 20.8 Å². The first-order chi connectivity index (χ1) is 7.51. The van der Waals surface area contributed by atoms with E-state index < -0.39 is 33.5 Å². The van der Waals surface area contributed by atoms with Gasteiger partial charge >= 0.3 is 11.9 Å². The van der Waals surface area contributed by atoms with Gasteiger partial charge in [-0.2, -0.15) is 4.48 Å². The number of carbonyl (C=O) groups excluding carboxylic acids is 2. The fraction of sp³-hybridized carbons (Fsp3) is 0.727. The summed E-state index contributed by atoms with van der Waals surface area (Å²) in [5.74, 6) is -1.90. The second-order valence-electron chi connectivity index (χ2n) is 5.58. The van der Waals surface area contributed by atoms with Gasteiger partial charge in [0.25, 0.3) is 6.09 Å². The Morgan fingerprint density at radius 1 is 1.41 bits per heavy atom. The fourth-order valence-corrected chi connectivity index (χ4v) is 2.90. The third-order valence-corrected chi connectivity index (χ3v) is 3.68. The molecular weight excluding hydrogens is 226 g/mol. The summed E-state index contributed by atoms with van der Waals surface area (Å²) >= 11 is 0. The van der Waals surface area contributed by atoms with Crippen LogP contribution >= 0.6 is 0 Å². The molecule has 0 radical (unpaired) electrons. The average molecular weight is 243 g/mol. The van der Waals surface area contributed by atoms with Gasteiger partial charge in [-0.3, -0.25) is 0 Å². The smallest absolute Gasteiger partial charge is 0.366 e. The maximum Gasteiger partial charge on any atom is 0.366 e. The Hall–Kier alpha value is -1.43. The first kappa shape index (κ1) is 13.6. The normalized spacial score (nSPS) is 33.8. The van der Waals surface area contributed by atoms with Crippen molar-refractivity contribution >= 4 is 18.0 Å².